The number of carbonyl (C=O) groups excluding carboxylic acids is 1. The van der Waals surface area contributed by atoms with Crippen LogP contribution in [0.4, 0.5) is 0 Å². The number of phenols is 1. The minimum atomic E-state index is -0.432. The van der Waals surface area contributed by atoms with Crippen molar-refractivity contribution in [2.24, 2.45) is 0 Å². The molecule has 0 unspecified atom stereocenters. The predicted octanol–water partition coefficient (Wildman–Crippen LogP) is 4.38. The third kappa shape index (κ3) is 3.09. The largest absolute Gasteiger partial charge is 0.507 e. The van der Waals surface area contributed by atoms with Gasteiger partial charge in [0.05, 0.1) is 6.42 Å². The molecule has 1 aliphatic rings. The molecule has 0 saturated carbocycles. The second-order valence-electron chi connectivity index (χ2n) is 7.88. The molecule has 0 bridgehead atoms. The zero-order valence-corrected chi connectivity index (χ0v) is 17.0. The zero-order valence-electron chi connectivity index (χ0n) is 17.0. The molecule has 5 rings (SSSR count). The number of ether oxygens (including phenoxy) is 1. The number of carbonyl (C=O) groups is 1. The van der Waals surface area contributed by atoms with Crippen LogP contribution in [-0.4, -0.2) is 20.9 Å². The third-order valence-electron chi connectivity index (χ3n) is 5.53. The highest BCUT2D eigenvalue weighted by atomic mass is 16.5. The Morgan fingerprint density at radius 2 is 1.90 bits per heavy atom. The molecular formula is C24H20N2O5. The van der Waals surface area contributed by atoms with Crippen molar-refractivity contribution in [1.82, 2.24) is 9.78 Å². The number of phenolic OH excluding ortho intramolecular Hbond substituents is 1. The van der Waals surface area contributed by atoms with Gasteiger partial charge in [-0.05, 0) is 19.9 Å². The lowest BCUT2D eigenvalue weighted by Crippen LogP contribution is -2.24. The Balaban J connectivity index is 1.84. The molecule has 3 heterocycles. The lowest BCUT2D eigenvalue weighted by atomic mass is 9.87. The first-order valence-corrected chi connectivity index (χ1v) is 10.1. The zero-order chi connectivity index (χ0) is 21.7. The van der Waals surface area contributed by atoms with Gasteiger partial charge in [-0.1, -0.05) is 30.3 Å². The van der Waals surface area contributed by atoms with Gasteiger partial charge in [-0.25, -0.2) is 0 Å². The number of aromatic nitrogens is 2. The fraction of sp³-hybridized carbons (Fsp3) is 0.208. The van der Waals surface area contributed by atoms with E-state index in [2.05, 4.69) is 5.10 Å². The average Bonchev–Trinajstić information content (AvgIpc) is 3.23. The van der Waals surface area contributed by atoms with E-state index in [0.717, 1.165) is 11.3 Å². The standard InChI is InChI=1S/C24H20N2O5/c1-13(2)26-16(8-9-25-26)15-10-21(29)30-20-12-18(28)23-17(27)11-19(31-24(23)22(15)20)14-6-4-3-5-7-14/h3-9,11-13,15,28H,10H2,1-2H3/t15-/m1/s1. The van der Waals surface area contributed by atoms with E-state index in [1.54, 1.807) is 6.20 Å². The van der Waals surface area contributed by atoms with Crippen molar-refractivity contribution in [3.8, 4) is 22.8 Å². The molecule has 0 radical (unpaired) electrons. The van der Waals surface area contributed by atoms with Crippen molar-refractivity contribution in [2.45, 2.75) is 32.2 Å². The molecule has 0 saturated heterocycles. The van der Waals surface area contributed by atoms with Gasteiger partial charge >= 0.3 is 5.97 Å². The Kier molecular flexibility index (Phi) is 4.39. The molecule has 1 N–H and O–H groups in total. The molecule has 2 aromatic carbocycles. The summed E-state index contributed by atoms with van der Waals surface area (Å²) in [5.74, 6) is -0.573. The van der Waals surface area contributed by atoms with E-state index in [1.807, 2.05) is 54.9 Å². The lowest BCUT2D eigenvalue weighted by Gasteiger charge is -2.27. The summed E-state index contributed by atoms with van der Waals surface area (Å²) in [5.41, 5.74) is 1.95. The van der Waals surface area contributed by atoms with Crippen molar-refractivity contribution >= 4 is 16.9 Å². The highest BCUT2D eigenvalue weighted by Gasteiger charge is 2.35. The van der Waals surface area contributed by atoms with Crippen LogP contribution in [0.1, 0.15) is 43.5 Å². The number of hydrogen-bond donors (Lipinski definition) is 1. The Hall–Kier alpha value is -3.87. The van der Waals surface area contributed by atoms with E-state index in [1.165, 1.54) is 12.1 Å². The summed E-state index contributed by atoms with van der Waals surface area (Å²) in [4.78, 5) is 25.4. The normalized spacial score (nSPS) is 15.8. The highest BCUT2D eigenvalue weighted by Crippen LogP contribution is 2.46. The number of aromatic hydroxyl groups is 1. The second kappa shape index (κ2) is 7.12. The summed E-state index contributed by atoms with van der Waals surface area (Å²) in [6, 6.07) is 13.9. The van der Waals surface area contributed by atoms with Crippen LogP contribution in [0.15, 0.2) is 63.9 Å². The number of esters is 1. The molecule has 0 aliphatic carbocycles. The first-order valence-electron chi connectivity index (χ1n) is 10.1. The molecule has 156 valence electrons. The average molecular weight is 416 g/mol. The first kappa shape index (κ1) is 19.1. The number of nitrogens with zero attached hydrogens (tertiary/aromatic N) is 2. The van der Waals surface area contributed by atoms with E-state index < -0.39 is 11.9 Å². The lowest BCUT2D eigenvalue weighted by molar-refractivity contribution is -0.135. The molecule has 2 aromatic heterocycles. The van der Waals surface area contributed by atoms with Gasteiger partial charge in [0.2, 0.25) is 0 Å². The molecule has 1 atom stereocenters. The van der Waals surface area contributed by atoms with Crippen LogP contribution in [0.2, 0.25) is 0 Å². The molecule has 4 aromatic rings. The minimum absolute atomic E-state index is 0.0667. The monoisotopic (exact) mass is 416 g/mol. The van der Waals surface area contributed by atoms with E-state index >= 15 is 0 Å². The Morgan fingerprint density at radius 1 is 1.13 bits per heavy atom. The first-order chi connectivity index (χ1) is 14.9. The molecule has 31 heavy (non-hydrogen) atoms. The van der Waals surface area contributed by atoms with Crippen LogP contribution < -0.4 is 10.2 Å². The molecule has 0 spiro atoms. The van der Waals surface area contributed by atoms with Crippen LogP contribution >= 0.6 is 0 Å². The van der Waals surface area contributed by atoms with Crippen molar-refractivity contribution in [3.63, 3.8) is 0 Å². The summed E-state index contributed by atoms with van der Waals surface area (Å²) in [5, 5.41) is 15.0. The Bertz CT molecular complexity index is 1370. The van der Waals surface area contributed by atoms with Gasteiger partial charge in [-0.3, -0.25) is 14.3 Å². The van der Waals surface area contributed by atoms with Crippen molar-refractivity contribution in [2.75, 3.05) is 0 Å². The van der Waals surface area contributed by atoms with Crippen molar-refractivity contribution in [3.05, 3.63) is 76.2 Å². The van der Waals surface area contributed by atoms with Crippen molar-refractivity contribution in [1.29, 1.82) is 0 Å². The Morgan fingerprint density at radius 3 is 2.65 bits per heavy atom. The maximum absolute atomic E-state index is 13.0. The smallest absolute Gasteiger partial charge is 0.312 e. The second-order valence-corrected chi connectivity index (χ2v) is 7.88. The van der Waals surface area contributed by atoms with Gasteiger partial charge in [-0.15, -0.1) is 0 Å². The van der Waals surface area contributed by atoms with Gasteiger partial charge in [0.15, 0.2) is 5.43 Å². The van der Waals surface area contributed by atoms with E-state index in [0.29, 0.717) is 11.3 Å². The quantitative estimate of drug-likeness (QED) is 0.393. The topological polar surface area (TPSA) is 94.6 Å². The van der Waals surface area contributed by atoms with Gasteiger partial charge < -0.3 is 14.3 Å². The summed E-state index contributed by atoms with van der Waals surface area (Å²) in [6.07, 6.45) is 1.76. The van der Waals surface area contributed by atoms with Crippen LogP contribution in [-0.2, 0) is 4.79 Å². The van der Waals surface area contributed by atoms with E-state index in [9.17, 15) is 14.7 Å². The van der Waals surface area contributed by atoms with Crippen LogP contribution in [0.5, 0.6) is 11.5 Å². The Labute approximate surface area is 177 Å². The molecule has 0 amide bonds. The predicted molar refractivity (Wildman–Crippen MR) is 114 cm³/mol. The SMILES string of the molecule is CC(C)n1nccc1[C@H]1CC(=O)Oc2cc(O)c3c(=O)cc(-c4ccccc4)oc3c21. The van der Waals surface area contributed by atoms with Gasteiger partial charge in [0.25, 0.3) is 0 Å². The van der Waals surface area contributed by atoms with Gasteiger partial charge in [0.1, 0.15) is 28.2 Å². The van der Waals surface area contributed by atoms with Crippen LogP contribution in [0, 0.1) is 0 Å². The summed E-state index contributed by atoms with van der Waals surface area (Å²) >= 11 is 0. The molecular weight excluding hydrogens is 396 g/mol. The maximum Gasteiger partial charge on any atom is 0.312 e. The summed E-state index contributed by atoms with van der Waals surface area (Å²) in [6.45, 7) is 4.00. The molecule has 0 fully saturated rings. The van der Waals surface area contributed by atoms with E-state index in [-0.39, 0.29) is 40.4 Å². The third-order valence-corrected chi connectivity index (χ3v) is 5.53. The van der Waals surface area contributed by atoms with Crippen LogP contribution in [0.3, 0.4) is 0 Å². The van der Waals surface area contributed by atoms with Crippen molar-refractivity contribution < 1.29 is 19.1 Å². The van der Waals surface area contributed by atoms with E-state index in [4.69, 9.17) is 9.15 Å². The maximum atomic E-state index is 13.0. The number of benzene rings is 2. The summed E-state index contributed by atoms with van der Waals surface area (Å²) < 4.78 is 13.5. The number of rotatable bonds is 3. The fourth-order valence-corrected chi connectivity index (χ4v) is 4.19. The van der Waals surface area contributed by atoms with Gasteiger partial charge in [0, 0.05) is 47.1 Å². The fourth-order valence-electron chi connectivity index (χ4n) is 4.19. The summed E-state index contributed by atoms with van der Waals surface area (Å²) in [7, 11) is 0. The highest BCUT2D eigenvalue weighted by molar-refractivity contribution is 5.93. The minimum Gasteiger partial charge on any atom is -0.507 e. The van der Waals surface area contributed by atoms with Crippen LogP contribution in [0.25, 0.3) is 22.3 Å². The molecule has 7 nitrogen and oxygen atoms in total. The molecule has 1 aliphatic heterocycles. The van der Waals surface area contributed by atoms with Gasteiger partial charge in [-0.2, -0.15) is 5.10 Å². The number of fused-ring (bicyclic) bond motifs is 3. The number of hydrogen-bond acceptors (Lipinski definition) is 6. The molecule has 7 heteroatoms.